The van der Waals surface area contributed by atoms with E-state index in [0.717, 1.165) is 12.8 Å². The Balaban J connectivity index is 2.40. The second-order valence-corrected chi connectivity index (χ2v) is 4.17. The van der Waals surface area contributed by atoms with Crippen LogP contribution in [-0.2, 0) is 19.2 Å². The van der Waals surface area contributed by atoms with Gasteiger partial charge in [0.25, 0.3) is 0 Å². The summed E-state index contributed by atoms with van der Waals surface area (Å²) in [6, 6.07) is -0.695. The number of amides is 3. The zero-order chi connectivity index (χ0) is 13.4. The summed E-state index contributed by atoms with van der Waals surface area (Å²) in [6.07, 6.45) is 2.91. The molecule has 0 aromatic rings. The molecule has 3 N–H and O–H groups in total. The largest absolute Gasteiger partial charge is 0.356 e. The number of carbonyl (C=O) groups is 4. The Morgan fingerprint density at radius 1 is 1.50 bits per heavy atom. The van der Waals surface area contributed by atoms with Crippen molar-refractivity contribution in [2.24, 2.45) is 5.92 Å². The minimum Gasteiger partial charge on any atom is -0.356 e. The van der Waals surface area contributed by atoms with Gasteiger partial charge < -0.3 is 20.7 Å². The Hall–Kier alpha value is -1.92. The first-order valence-corrected chi connectivity index (χ1v) is 5.86. The fourth-order valence-electron chi connectivity index (χ4n) is 1.91. The summed E-state index contributed by atoms with van der Waals surface area (Å²) in [5.74, 6) is -0.767. The van der Waals surface area contributed by atoms with Crippen LogP contribution in [0.25, 0.3) is 0 Å². The molecule has 1 aliphatic rings. The maximum absolute atomic E-state index is 11.5. The molecule has 0 aliphatic carbocycles. The second kappa shape index (κ2) is 7.41. The van der Waals surface area contributed by atoms with E-state index in [1.807, 2.05) is 0 Å². The second-order valence-electron chi connectivity index (χ2n) is 4.17. The van der Waals surface area contributed by atoms with Gasteiger partial charge in [0.2, 0.25) is 18.2 Å². The summed E-state index contributed by atoms with van der Waals surface area (Å²) < 4.78 is 0. The Morgan fingerprint density at radius 2 is 2.28 bits per heavy atom. The monoisotopic (exact) mass is 255 g/mol. The van der Waals surface area contributed by atoms with Gasteiger partial charge in [-0.1, -0.05) is 0 Å². The van der Waals surface area contributed by atoms with Gasteiger partial charge in [-0.3, -0.25) is 14.4 Å². The molecule has 0 aromatic carbocycles. The molecule has 0 aromatic heterocycles. The van der Waals surface area contributed by atoms with Crippen LogP contribution >= 0.6 is 0 Å². The van der Waals surface area contributed by atoms with Crippen LogP contribution in [0.1, 0.15) is 19.3 Å². The van der Waals surface area contributed by atoms with E-state index in [1.54, 1.807) is 0 Å². The fourth-order valence-corrected chi connectivity index (χ4v) is 1.91. The zero-order valence-corrected chi connectivity index (χ0v) is 9.98. The lowest BCUT2D eigenvalue weighted by Gasteiger charge is -2.24. The molecule has 1 saturated heterocycles. The summed E-state index contributed by atoms with van der Waals surface area (Å²) in [4.78, 5) is 43.7. The van der Waals surface area contributed by atoms with E-state index in [4.69, 9.17) is 0 Å². The van der Waals surface area contributed by atoms with Crippen molar-refractivity contribution in [3.8, 4) is 0 Å². The maximum Gasteiger partial charge on any atom is 0.239 e. The SMILES string of the molecule is O=CNCC(=O)NC(C=O)CC1CCCNC1=O. The minimum atomic E-state index is -0.695. The first-order chi connectivity index (χ1) is 8.67. The van der Waals surface area contributed by atoms with Crippen LogP contribution in [0.4, 0.5) is 0 Å². The van der Waals surface area contributed by atoms with Crippen LogP contribution in [0.2, 0.25) is 0 Å². The highest BCUT2D eigenvalue weighted by Gasteiger charge is 2.25. The number of rotatable bonds is 7. The smallest absolute Gasteiger partial charge is 0.239 e. The molecule has 1 fully saturated rings. The van der Waals surface area contributed by atoms with E-state index in [9.17, 15) is 19.2 Å². The van der Waals surface area contributed by atoms with Crippen LogP contribution < -0.4 is 16.0 Å². The van der Waals surface area contributed by atoms with Crippen molar-refractivity contribution in [3.05, 3.63) is 0 Å². The molecule has 1 aliphatic heterocycles. The summed E-state index contributed by atoms with van der Waals surface area (Å²) in [6.45, 7) is 0.488. The number of aldehydes is 1. The zero-order valence-electron chi connectivity index (χ0n) is 9.98. The molecular weight excluding hydrogens is 238 g/mol. The molecule has 0 radical (unpaired) electrons. The van der Waals surface area contributed by atoms with Gasteiger partial charge in [-0.25, -0.2) is 0 Å². The predicted octanol–water partition coefficient (Wildman–Crippen LogP) is -1.67. The van der Waals surface area contributed by atoms with Crippen molar-refractivity contribution < 1.29 is 19.2 Å². The Morgan fingerprint density at radius 3 is 2.89 bits per heavy atom. The van der Waals surface area contributed by atoms with Crippen LogP contribution in [0, 0.1) is 5.92 Å². The average Bonchev–Trinajstić information content (AvgIpc) is 2.38. The number of hydrogen-bond acceptors (Lipinski definition) is 4. The van der Waals surface area contributed by atoms with E-state index in [1.165, 1.54) is 0 Å². The highest BCUT2D eigenvalue weighted by molar-refractivity contribution is 5.83. The molecule has 100 valence electrons. The lowest BCUT2D eigenvalue weighted by atomic mass is 9.92. The fraction of sp³-hybridized carbons (Fsp3) is 0.636. The molecule has 2 unspecified atom stereocenters. The molecule has 1 rings (SSSR count). The third-order valence-corrected chi connectivity index (χ3v) is 2.79. The summed E-state index contributed by atoms with van der Waals surface area (Å²) in [5.41, 5.74) is 0. The van der Waals surface area contributed by atoms with Crippen molar-refractivity contribution in [2.45, 2.75) is 25.3 Å². The Bertz CT molecular complexity index is 332. The first kappa shape index (κ1) is 14.1. The van der Waals surface area contributed by atoms with Crippen molar-refractivity contribution >= 4 is 24.5 Å². The summed E-state index contributed by atoms with van der Waals surface area (Å²) in [5, 5.41) is 7.39. The van der Waals surface area contributed by atoms with Crippen LogP contribution in [0.5, 0.6) is 0 Å². The molecule has 7 heteroatoms. The van der Waals surface area contributed by atoms with Gasteiger partial charge in [-0.15, -0.1) is 0 Å². The first-order valence-electron chi connectivity index (χ1n) is 5.86. The normalized spacial score (nSPS) is 20.4. The van der Waals surface area contributed by atoms with Gasteiger partial charge >= 0.3 is 0 Å². The standard InChI is InChI=1S/C11H17N3O4/c15-6-9(14-10(17)5-12-7-16)4-8-2-1-3-13-11(8)18/h6-9H,1-5H2,(H,12,16)(H,13,18)(H,14,17). The molecule has 18 heavy (non-hydrogen) atoms. The number of nitrogens with one attached hydrogen (secondary N) is 3. The molecular formula is C11H17N3O4. The van der Waals surface area contributed by atoms with Gasteiger partial charge in [0, 0.05) is 12.5 Å². The predicted molar refractivity (Wildman–Crippen MR) is 62.4 cm³/mol. The van der Waals surface area contributed by atoms with Gasteiger partial charge in [0.15, 0.2) is 0 Å². The third-order valence-electron chi connectivity index (χ3n) is 2.79. The van der Waals surface area contributed by atoms with Crippen LogP contribution in [0.3, 0.4) is 0 Å². The maximum atomic E-state index is 11.5. The Kier molecular flexibility index (Phi) is 5.83. The molecule has 0 saturated carbocycles. The van der Waals surface area contributed by atoms with E-state index in [0.29, 0.717) is 25.7 Å². The van der Waals surface area contributed by atoms with Crippen molar-refractivity contribution in [1.29, 1.82) is 0 Å². The van der Waals surface area contributed by atoms with Gasteiger partial charge in [-0.05, 0) is 19.3 Å². The summed E-state index contributed by atoms with van der Waals surface area (Å²) >= 11 is 0. The topological polar surface area (TPSA) is 104 Å². The molecule has 3 amide bonds. The minimum absolute atomic E-state index is 0.0756. The van der Waals surface area contributed by atoms with E-state index in [-0.39, 0.29) is 18.4 Å². The molecule has 0 spiro atoms. The lowest BCUT2D eigenvalue weighted by Crippen LogP contribution is -2.45. The third kappa shape index (κ3) is 4.52. The van der Waals surface area contributed by atoms with E-state index < -0.39 is 11.9 Å². The van der Waals surface area contributed by atoms with E-state index in [2.05, 4.69) is 16.0 Å². The Labute approximate surface area is 105 Å². The van der Waals surface area contributed by atoms with Gasteiger partial charge in [0.05, 0.1) is 12.6 Å². The van der Waals surface area contributed by atoms with Crippen molar-refractivity contribution in [2.75, 3.05) is 13.1 Å². The van der Waals surface area contributed by atoms with Crippen LogP contribution in [-0.4, -0.2) is 43.6 Å². The molecule has 1 heterocycles. The number of hydrogen-bond donors (Lipinski definition) is 3. The van der Waals surface area contributed by atoms with Gasteiger partial charge in [-0.2, -0.15) is 0 Å². The van der Waals surface area contributed by atoms with Crippen LogP contribution in [0.15, 0.2) is 0 Å². The number of carbonyl (C=O) groups excluding carboxylic acids is 4. The van der Waals surface area contributed by atoms with Gasteiger partial charge in [0.1, 0.15) is 6.29 Å². The highest BCUT2D eigenvalue weighted by Crippen LogP contribution is 2.16. The average molecular weight is 255 g/mol. The highest BCUT2D eigenvalue weighted by atomic mass is 16.2. The lowest BCUT2D eigenvalue weighted by molar-refractivity contribution is -0.128. The molecule has 7 nitrogen and oxygen atoms in total. The summed E-state index contributed by atoms with van der Waals surface area (Å²) in [7, 11) is 0. The van der Waals surface area contributed by atoms with Crippen molar-refractivity contribution in [3.63, 3.8) is 0 Å². The molecule has 0 bridgehead atoms. The quantitative estimate of drug-likeness (QED) is 0.473. The number of piperidine rings is 1. The molecule has 2 atom stereocenters. The van der Waals surface area contributed by atoms with Crippen molar-refractivity contribution in [1.82, 2.24) is 16.0 Å². The van der Waals surface area contributed by atoms with E-state index >= 15 is 0 Å².